The number of allylic oxidation sites excluding steroid dienone is 4. The molecule has 0 rings (SSSR count). The maximum absolute atomic E-state index is 12.4. The van der Waals surface area contributed by atoms with E-state index in [1.54, 1.807) is 0 Å². The molecule has 0 heterocycles. The number of unbranched alkanes of at least 4 members (excludes halogenated alkanes) is 32. The first-order valence-corrected chi connectivity index (χ1v) is 24.1. The van der Waals surface area contributed by atoms with Gasteiger partial charge in [0.1, 0.15) is 6.10 Å². The molecule has 0 aliphatic carbocycles. The minimum atomic E-state index is -1.14. The lowest BCUT2D eigenvalue weighted by Crippen LogP contribution is -2.50. The number of carbonyl (C=O) groups excluding carboxylic acids is 1. The third kappa shape index (κ3) is 39.1. The predicted molar refractivity (Wildman–Crippen MR) is 236 cm³/mol. The van der Waals surface area contributed by atoms with Gasteiger partial charge in [-0.1, -0.05) is 231 Å². The molecule has 4 N–H and O–H groups in total. The highest BCUT2D eigenvalue weighted by atomic mass is 16.3. The Kier molecular flexibility index (Phi) is 43.6. The van der Waals surface area contributed by atoms with E-state index in [4.69, 9.17) is 0 Å². The summed E-state index contributed by atoms with van der Waals surface area (Å²) in [5, 5.41) is 33.6. The first-order valence-electron chi connectivity index (χ1n) is 24.1. The van der Waals surface area contributed by atoms with Gasteiger partial charge in [0.15, 0.2) is 0 Å². The summed E-state index contributed by atoms with van der Waals surface area (Å²) in [6, 6.07) is -0.812. The van der Waals surface area contributed by atoms with E-state index in [1.165, 1.54) is 180 Å². The maximum atomic E-state index is 12.4. The molecular formula is C49H95NO4. The first-order chi connectivity index (χ1) is 26.6. The summed E-state index contributed by atoms with van der Waals surface area (Å²) >= 11 is 0. The van der Waals surface area contributed by atoms with Gasteiger partial charge in [0.2, 0.25) is 5.91 Å². The van der Waals surface area contributed by atoms with Gasteiger partial charge in [-0.25, -0.2) is 0 Å². The third-order valence-corrected chi connectivity index (χ3v) is 11.3. The van der Waals surface area contributed by atoms with Crippen molar-refractivity contribution in [3.63, 3.8) is 0 Å². The van der Waals surface area contributed by atoms with Crippen LogP contribution in [0.3, 0.4) is 0 Å². The van der Waals surface area contributed by atoms with Crippen LogP contribution < -0.4 is 5.32 Å². The molecule has 0 fully saturated rings. The number of rotatable bonds is 44. The summed E-state index contributed by atoms with van der Waals surface area (Å²) < 4.78 is 0. The molecule has 0 aromatic heterocycles. The molecule has 0 aromatic carbocycles. The molecule has 0 aliphatic rings. The van der Waals surface area contributed by atoms with E-state index in [-0.39, 0.29) is 12.5 Å². The molecular weight excluding hydrogens is 667 g/mol. The van der Waals surface area contributed by atoms with Crippen molar-refractivity contribution in [3.05, 3.63) is 24.3 Å². The van der Waals surface area contributed by atoms with Crippen LogP contribution in [0.1, 0.15) is 258 Å². The van der Waals surface area contributed by atoms with Crippen molar-refractivity contribution in [2.45, 2.75) is 276 Å². The molecule has 0 aliphatic heterocycles. The van der Waals surface area contributed by atoms with Crippen LogP contribution in [0, 0.1) is 0 Å². The zero-order valence-electron chi connectivity index (χ0n) is 36.4. The number of aliphatic hydroxyl groups is 3. The minimum Gasteiger partial charge on any atom is -0.394 e. The van der Waals surface area contributed by atoms with Gasteiger partial charge in [-0.2, -0.15) is 0 Å². The Balaban J connectivity index is 3.58. The van der Waals surface area contributed by atoms with Crippen molar-refractivity contribution < 1.29 is 20.1 Å². The monoisotopic (exact) mass is 762 g/mol. The second-order valence-electron chi connectivity index (χ2n) is 16.7. The second kappa shape index (κ2) is 44.5. The minimum absolute atomic E-state index is 0.150. The van der Waals surface area contributed by atoms with Gasteiger partial charge in [0.05, 0.1) is 18.8 Å². The van der Waals surface area contributed by atoms with Gasteiger partial charge < -0.3 is 20.6 Å². The van der Waals surface area contributed by atoms with Crippen molar-refractivity contribution in [2.24, 2.45) is 0 Å². The van der Waals surface area contributed by atoms with Gasteiger partial charge in [-0.15, -0.1) is 0 Å². The Morgan fingerprint density at radius 3 is 1.20 bits per heavy atom. The topological polar surface area (TPSA) is 89.8 Å². The molecule has 0 aromatic rings. The van der Waals surface area contributed by atoms with E-state index in [9.17, 15) is 20.1 Å². The Labute approximate surface area is 337 Å². The molecule has 0 radical (unpaired) electrons. The van der Waals surface area contributed by atoms with Crippen LogP contribution in [0.2, 0.25) is 0 Å². The Morgan fingerprint density at radius 1 is 0.463 bits per heavy atom. The summed E-state index contributed by atoms with van der Waals surface area (Å²) in [5.41, 5.74) is 0. The Bertz CT molecular complexity index is 799. The van der Waals surface area contributed by atoms with Crippen molar-refractivity contribution in [1.82, 2.24) is 5.32 Å². The summed E-state index contributed by atoms with van der Waals surface area (Å²) in [4.78, 5) is 12.4. The van der Waals surface area contributed by atoms with E-state index in [0.29, 0.717) is 12.8 Å². The van der Waals surface area contributed by atoms with Gasteiger partial charge in [-0.05, 0) is 44.9 Å². The lowest BCUT2D eigenvalue weighted by Gasteiger charge is -2.26. The van der Waals surface area contributed by atoms with Crippen LogP contribution >= 0.6 is 0 Å². The van der Waals surface area contributed by atoms with Crippen LogP contribution in [0.25, 0.3) is 0 Å². The quantitative estimate of drug-likeness (QED) is 0.0368. The lowest BCUT2D eigenvalue weighted by molar-refractivity contribution is -0.124. The molecule has 3 atom stereocenters. The average molecular weight is 762 g/mol. The zero-order chi connectivity index (χ0) is 39.4. The molecule has 5 nitrogen and oxygen atoms in total. The smallest absolute Gasteiger partial charge is 0.220 e. The molecule has 1 amide bonds. The second-order valence-corrected chi connectivity index (χ2v) is 16.7. The summed E-state index contributed by atoms with van der Waals surface area (Å²) in [7, 11) is 0. The lowest BCUT2D eigenvalue weighted by atomic mass is 9.99. The highest BCUT2D eigenvalue weighted by molar-refractivity contribution is 5.76. The van der Waals surface area contributed by atoms with E-state index in [2.05, 4.69) is 43.5 Å². The molecule has 320 valence electrons. The van der Waals surface area contributed by atoms with Crippen LogP contribution in [0.15, 0.2) is 24.3 Å². The molecule has 54 heavy (non-hydrogen) atoms. The first kappa shape index (κ1) is 52.8. The number of hydrogen-bond acceptors (Lipinski definition) is 4. The molecule has 5 heteroatoms. The molecule has 0 saturated heterocycles. The van der Waals surface area contributed by atoms with Gasteiger partial charge in [0, 0.05) is 6.42 Å². The van der Waals surface area contributed by atoms with Gasteiger partial charge in [0.25, 0.3) is 0 Å². The fourth-order valence-electron chi connectivity index (χ4n) is 7.55. The normalized spacial score (nSPS) is 13.6. The average Bonchev–Trinajstić information content (AvgIpc) is 3.18. The van der Waals surface area contributed by atoms with Crippen LogP contribution in [0.5, 0.6) is 0 Å². The predicted octanol–water partition coefficient (Wildman–Crippen LogP) is 14.2. The SMILES string of the molecule is CCCCC/C=C\C/C=C\CCCCCCCCCC(=O)NC(CO)C(O)C(O)CCCCCCCCCCCCCCCCCCCCCCCCC. The number of amides is 1. The van der Waals surface area contributed by atoms with Crippen LogP contribution in [-0.2, 0) is 4.79 Å². The van der Waals surface area contributed by atoms with Gasteiger partial charge >= 0.3 is 0 Å². The van der Waals surface area contributed by atoms with E-state index >= 15 is 0 Å². The summed E-state index contributed by atoms with van der Waals surface area (Å²) in [6.45, 7) is 4.17. The molecule has 3 unspecified atom stereocenters. The molecule has 0 spiro atoms. The van der Waals surface area contributed by atoms with Crippen molar-refractivity contribution in [1.29, 1.82) is 0 Å². The number of hydrogen-bond donors (Lipinski definition) is 4. The van der Waals surface area contributed by atoms with Crippen molar-refractivity contribution in [2.75, 3.05) is 6.61 Å². The van der Waals surface area contributed by atoms with Crippen LogP contribution in [-0.4, -0.2) is 46.1 Å². The summed E-state index contributed by atoms with van der Waals surface area (Å²) in [6.07, 6.45) is 54.4. The third-order valence-electron chi connectivity index (χ3n) is 11.3. The van der Waals surface area contributed by atoms with Crippen LogP contribution in [0.4, 0.5) is 0 Å². The van der Waals surface area contributed by atoms with Crippen molar-refractivity contribution >= 4 is 5.91 Å². The summed E-state index contributed by atoms with van der Waals surface area (Å²) in [5.74, 6) is -0.150. The number of carbonyl (C=O) groups is 1. The molecule has 0 bridgehead atoms. The highest BCUT2D eigenvalue weighted by Crippen LogP contribution is 2.17. The van der Waals surface area contributed by atoms with E-state index in [1.807, 2.05) is 0 Å². The fraction of sp³-hybridized carbons (Fsp3) is 0.898. The van der Waals surface area contributed by atoms with Gasteiger partial charge in [-0.3, -0.25) is 4.79 Å². The highest BCUT2D eigenvalue weighted by Gasteiger charge is 2.26. The van der Waals surface area contributed by atoms with E-state index < -0.39 is 18.2 Å². The number of nitrogens with one attached hydrogen (secondary N) is 1. The Hall–Kier alpha value is -1.17. The van der Waals surface area contributed by atoms with E-state index in [0.717, 1.165) is 51.4 Å². The zero-order valence-corrected chi connectivity index (χ0v) is 36.4. The maximum Gasteiger partial charge on any atom is 0.220 e. The van der Waals surface area contributed by atoms with Crippen molar-refractivity contribution in [3.8, 4) is 0 Å². The largest absolute Gasteiger partial charge is 0.394 e. The number of aliphatic hydroxyl groups excluding tert-OH is 3. The standard InChI is InChI=1S/C49H95NO4/c1-3-5-7-9-11-13-15-17-19-21-22-23-24-25-26-28-29-31-33-35-37-39-41-43-47(52)49(54)46(45-51)50-48(53)44-42-40-38-36-34-32-30-27-20-18-16-14-12-10-8-6-4-2/h12,14,18,20,46-47,49,51-52,54H,3-11,13,15-17,19,21-45H2,1-2H3,(H,50,53)/b14-12-,20-18-. The fourth-order valence-corrected chi connectivity index (χ4v) is 7.55. The Morgan fingerprint density at radius 2 is 0.796 bits per heavy atom. The molecule has 0 saturated carbocycles.